The Labute approximate surface area is 137 Å². The SMILES string of the molecule is COC(=O)c1ccc(C=C(CN)B2OC(C)(C)C(C)(C)O2)nc1. The van der Waals surface area contributed by atoms with Crippen LogP contribution in [0.15, 0.2) is 23.8 Å². The lowest BCUT2D eigenvalue weighted by Crippen LogP contribution is -2.41. The molecule has 1 aliphatic heterocycles. The zero-order valence-electron chi connectivity index (χ0n) is 14.3. The van der Waals surface area contributed by atoms with Crippen LogP contribution in [-0.2, 0) is 14.0 Å². The fourth-order valence-electron chi connectivity index (χ4n) is 2.14. The number of carbonyl (C=O) groups excluding carboxylic acids is 1. The second kappa shape index (κ2) is 6.43. The van der Waals surface area contributed by atoms with Crippen LogP contribution in [0.2, 0.25) is 0 Å². The van der Waals surface area contributed by atoms with Crippen LogP contribution in [0.3, 0.4) is 0 Å². The average molecular weight is 318 g/mol. The molecule has 1 fully saturated rings. The molecule has 23 heavy (non-hydrogen) atoms. The van der Waals surface area contributed by atoms with E-state index in [1.165, 1.54) is 13.3 Å². The Hall–Kier alpha value is -1.70. The third-order valence-corrected chi connectivity index (χ3v) is 4.33. The van der Waals surface area contributed by atoms with Crippen molar-refractivity contribution in [1.29, 1.82) is 0 Å². The Bertz CT molecular complexity index is 595. The van der Waals surface area contributed by atoms with Gasteiger partial charge in [0.25, 0.3) is 0 Å². The first kappa shape index (κ1) is 17.7. The number of nitrogens with zero attached hydrogens (tertiary/aromatic N) is 1. The number of pyridine rings is 1. The number of hydrogen-bond acceptors (Lipinski definition) is 6. The molecule has 0 radical (unpaired) electrons. The maximum absolute atomic E-state index is 11.4. The highest BCUT2D eigenvalue weighted by Gasteiger charge is 2.52. The minimum atomic E-state index is -0.507. The number of esters is 1. The summed E-state index contributed by atoms with van der Waals surface area (Å²) >= 11 is 0. The van der Waals surface area contributed by atoms with Crippen molar-refractivity contribution in [3.8, 4) is 0 Å². The Balaban J connectivity index is 2.21. The van der Waals surface area contributed by atoms with Crippen molar-refractivity contribution in [2.45, 2.75) is 38.9 Å². The van der Waals surface area contributed by atoms with Crippen molar-refractivity contribution in [2.75, 3.05) is 13.7 Å². The molecule has 2 heterocycles. The van der Waals surface area contributed by atoms with Crippen LogP contribution in [0, 0.1) is 0 Å². The van der Waals surface area contributed by atoms with Gasteiger partial charge in [0.2, 0.25) is 0 Å². The van der Waals surface area contributed by atoms with Gasteiger partial charge in [0.15, 0.2) is 0 Å². The number of ether oxygens (including phenoxy) is 1. The summed E-state index contributed by atoms with van der Waals surface area (Å²) in [6.07, 6.45) is 3.29. The second-order valence-corrected chi connectivity index (χ2v) is 6.47. The standard InChI is InChI=1S/C16H23BN2O4/c1-15(2)16(3,4)23-17(22-15)12(9-18)8-13-7-6-11(10-19-13)14(20)21-5/h6-8,10H,9,18H2,1-5H3. The molecule has 1 aromatic heterocycles. The summed E-state index contributed by atoms with van der Waals surface area (Å²) in [5.41, 5.74) is 6.87. The maximum atomic E-state index is 11.4. The van der Waals surface area contributed by atoms with Crippen LogP contribution in [0.1, 0.15) is 43.7 Å². The number of hydrogen-bond donors (Lipinski definition) is 1. The van der Waals surface area contributed by atoms with E-state index in [4.69, 9.17) is 15.0 Å². The minimum absolute atomic E-state index is 0.289. The maximum Gasteiger partial charge on any atom is 0.491 e. The third kappa shape index (κ3) is 3.63. The highest BCUT2D eigenvalue weighted by atomic mass is 16.7. The molecule has 0 bridgehead atoms. The lowest BCUT2D eigenvalue weighted by atomic mass is 9.77. The first-order chi connectivity index (χ1) is 10.7. The van der Waals surface area contributed by atoms with Gasteiger partial charge in [-0.05, 0) is 51.4 Å². The van der Waals surface area contributed by atoms with Gasteiger partial charge in [-0.25, -0.2) is 4.79 Å². The Morgan fingerprint density at radius 3 is 2.35 bits per heavy atom. The van der Waals surface area contributed by atoms with Crippen molar-refractivity contribution in [3.05, 3.63) is 35.1 Å². The van der Waals surface area contributed by atoms with Gasteiger partial charge >= 0.3 is 13.1 Å². The van der Waals surface area contributed by atoms with Gasteiger partial charge in [-0.2, -0.15) is 0 Å². The van der Waals surface area contributed by atoms with Crippen molar-refractivity contribution in [3.63, 3.8) is 0 Å². The van der Waals surface area contributed by atoms with Crippen molar-refractivity contribution >= 4 is 19.2 Å². The number of nitrogens with two attached hydrogens (primary N) is 1. The zero-order valence-corrected chi connectivity index (χ0v) is 14.3. The summed E-state index contributed by atoms with van der Waals surface area (Å²) in [5, 5.41) is 0. The van der Waals surface area contributed by atoms with E-state index in [0.717, 1.165) is 5.47 Å². The highest BCUT2D eigenvalue weighted by molar-refractivity contribution is 6.55. The number of carbonyl (C=O) groups is 1. The van der Waals surface area contributed by atoms with Crippen LogP contribution < -0.4 is 5.73 Å². The molecule has 0 aliphatic carbocycles. The van der Waals surface area contributed by atoms with Gasteiger partial charge in [0.05, 0.1) is 29.6 Å². The van der Waals surface area contributed by atoms with Crippen LogP contribution in [-0.4, -0.2) is 42.9 Å². The first-order valence-electron chi connectivity index (χ1n) is 7.51. The zero-order chi connectivity index (χ0) is 17.3. The molecule has 0 unspecified atom stereocenters. The molecule has 124 valence electrons. The Morgan fingerprint density at radius 1 is 1.30 bits per heavy atom. The summed E-state index contributed by atoms with van der Waals surface area (Å²) in [4.78, 5) is 15.7. The highest BCUT2D eigenvalue weighted by Crippen LogP contribution is 2.38. The van der Waals surface area contributed by atoms with E-state index in [0.29, 0.717) is 11.3 Å². The Morgan fingerprint density at radius 2 is 1.91 bits per heavy atom. The molecule has 2 N–H and O–H groups in total. The summed E-state index contributed by atoms with van der Waals surface area (Å²) in [5.74, 6) is -0.418. The average Bonchev–Trinajstić information content (AvgIpc) is 2.72. The quantitative estimate of drug-likeness (QED) is 0.674. The molecule has 0 aromatic carbocycles. The number of rotatable bonds is 4. The predicted molar refractivity (Wildman–Crippen MR) is 88.7 cm³/mol. The normalized spacial score (nSPS) is 19.7. The second-order valence-electron chi connectivity index (χ2n) is 6.47. The fraction of sp³-hybridized carbons (Fsp3) is 0.500. The molecular weight excluding hydrogens is 295 g/mol. The molecule has 1 saturated heterocycles. The van der Waals surface area contributed by atoms with E-state index >= 15 is 0 Å². The minimum Gasteiger partial charge on any atom is -0.465 e. The molecule has 0 saturated carbocycles. The van der Waals surface area contributed by atoms with Gasteiger partial charge in [0, 0.05) is 12.7 Å². The summed E-state index contributed by atoms with van der Waals surface area (Å²) in [7, 11) is 0.827. The predicted octanol–water partition coefficient (Wildman–Crippen LogP) is 1.84. The van der Waals surface area contributed by atoms with Crippen LogP contribution in [0.5, 0.6) is 0 Å². The van der Waals surface area contributed by atoms with Gasteiger partial charge < -0.3 is 19.8 Å². The smallest absolute Gasteiger partial charge is 0.465 e. The van der Waals surface area contributed by atoms with E-state index < -0.39 is 24.3 Å². The summed E-state index contributed by atoms with van der Waals surface area (Å²) in [6, 6.07) is 3.39. The van der Waals surface area contributed by atoms with Crippen LogP contribution >= 0.6 is 0 Å². The Kier molecular flexibility index (Phi) is 4.94. The monoisotopic (exact) mass is 318 g/mol. The van der Waals surface area contributed by atoms with Crippen molar-refractivity contribution in [1.82, 2.24) is 4.98 Å². The molecule has 1 aliphatic rings. The lowest BCUT2D eigenvalue weighted by molar-refractivity contribution is 0.00578. The molecule has 6 nitrogen and oxygen atoms in total. The van der Waals surface area contributed by atoms with Crippen molar-refractivity contribution in [2.24, 2.45) is 5.73 Å². The number of aromatic nitrogens is 1. The molecular formula is C16H23BN2O4. The van der Waals surface area contributed by atoms with Crippen LogP contribution in [0.25, 0.3) is 6.08 Å². The molecule has 0 amide bonds. The summed E-state index contributed by atoms with van der Waals surface area (Å²) < 4.78 is 16.6. The van der Waals surface area contributed by atoms with Gasteiger partial charge in [-0.1, -0.05) is 0 Å². The fourth-order valence-corrected chi connectivity index (χ4v) is 2.14. The topological polar surface area (TPSA) is 83.7 Å². The first-order valence-corrected chi connectivity index (χ1v) is 7.51. The summed E-state index contributed by atoms with van der Waals surface area (Å²) in [6.45, 7) is 8.25. The van der Waals surface area contributed by atoms with E-state index in [1.54, 1.807) is 12.1 Å². The molecule has 7 heteroatoms. The molecule has 0 atom stereocenters. The van der Waals surface area contributed by atoms with E-state index in [2.05, 4.69) is 9.72 Å². The van der Waals surface area contributed by atoms with Gasteiger partial charge in [-0.3, -0.25) is 4.98 Å². The van der Waals surface area contributed by atoms with Crippen LogP contribution in [0.4, 0.5) is 0 Å². The third-order valence-electron chi connectivity index (χ3n) is 4.33. The van der Waals surface area contributed by atoms with E-state index in [9.17, 15) is 4.79 Å². The van der Waals surface area contributed by atoms with Gasteiger partial charge in [-0.15, -0.1) is 0 Å². The van der Waals surface area contributed by atoms with E-state index in [1.807, 2.05) is 33.8 Å². The molecule has 2 rings (SSSR count). The lowest BCUT2D eigenvalue weighted by Gasteiger charge is -2.32. The number of methoxy groups -OCH3 is 1. The van der Waals surface area contributed by atoms with E-state index in [-0.39, 0.29) is 6.54 Å². The molecule has 1 aromatic rings. The van der Waals surface area contributed by atoms with Gasteiger partial charge in [0.1, 0.15) is 0 Å². The molecule has 0 spiro atoms. The van der Waals surface area contributed by atoms with Crippen molar-refractivity contribution < 1.29 is 18.8 Å². The largest absolute Gasteiger partial charge is 0.491 e.